The summed E-state index contributed by atoms with van der Waals surface area (Å²) >= 11 is 2.31. The number of pyridine rings is 1. The molecule has 2 aromatic rings. The third kappa shape index (κ3) is 1.70. The van der Waals surface area contributed by atoms with Gasteiger partial charge in [-0.1, -0.05) is 13.8 Å². The summed E-state index contributed by atoms with van der Waals surface area (Å²) in [4.78, 5) is 4.51. The van der Waals surface area contributed by atoms with Crippen molar-refractivity contribution >= 4 is 28.2 Å². The normalized spacial score (nSPS) is 11.4. The molecule has 0 aliphatic carbocycles. The zero-order chi connectivity index (χ0) is 9.42. The Hall–Kier alpha value is -0.580. The lowest BCUT2D eigenvalue weighted by molar-refractivity contribution is 0.834. The predicted octanol–water partition coefficient (Wildman–Crippen LogP) is 3.06. The van der Waals surface area contributed by atoms with E-state index in [1.165, 1.54) is 3.57 Å². The van der Waals surface area contributed by atoms with Crippen molar-refractivity contribution in [3.8, 4) is 0 Å². The van der Waals surface area contributed by atoms with Gasteiger partial charge in [-0.15, -0.1) is 0 Å². The van der Waals surface area contributed by atoms with Crippen LogP contribution in [0.2, 0.25) is 0 Å². The van der Waals surface area contributed by atoms with Crippen LogP contribution in [0.15, 0.2) is 24.5 Å². The minimum Gasteiger partial charge on any atom is -0.306 e. The molecule has 0 unspecified atom stereocenters. The van der Waals surface area contributed by atoms with E-state index in [1.807, 2.05) is 6.07 Å². The molecular weight excluding hydrogens is 275 g/mol. The van der Waals surface area contributed by atoms with Gasteiger partial charge in [0, 0.05) is 16.0 Å². The fourth-order valence-electron chi connectivity index (χ4n) is 1.26. The zero-order valence-electron chi connectivity index (χ0n) is 7.66. The highest BCUT2D eigenvalue weighted by Crippen LogP contribution is 2.15. The summed E-state index contributed by atoms with van der Waals surface area (Å²) in [5, 5.41) is 0. The molecule has 0 atom stereocenters. The van der Waals surface area contributed by atoms with Crippen molar-refractivity contribution in [3.05, 3.63) is 33.8 Å². The van der Waals surface area contributed by atoms with Gasteiger partial charge in [0.25, 0.3) is 0 Å². The van der Waals surface area contributed by atoms with E-state index in [4.69, 9.17) is 0 Å². The molecule has 3 heteroatoms. The molecule has 0 saturated heterocycles. The van der Waals surface area contributed by atoms with Gasteiger partial charge in [-0.3, -0.25) is 0 Å². The van der Waals surface area contributed by atoms with Crippen LogP contribution in [-0.2, 0) is 0 Å². The number of fused-ring (bicyclic) bond motifs is 1. The zero-order valence-corrected chi connectivity index (χ0v) is 9.82. The van der Waals surface area contributed by atoms with E-state index < -0.39 is 0 Å². The van der Waals surface area contributed by atoms with Crippen LogP contribution >= 0.6 is 22.6 Å². The molecule has 0 fully saturated rings. The molecular formula is C10H11IN2. The van der Waals surface area contributed by atoms with Gasteiger partial charge >= 0.3 is 0 Å². The average Bonchev–Trinajstić information content (AvgIpc) is 2.46. The van der Waals surface area contributed by atoms with E-state index in [0.29, 0.717) is 5.92 Å². The largest absolute Gasteiger partial charge is 0.306 e. The van der Waals surface area contributed by atoms with E-state index in [9.17, 15) is 0 Å². The maximum absolute atomic E-state index is 4.51. The highest BCUT2D eigenvalue weighted by Gasteiger charge is 2.04. The first kappa shape index (κ1) is 8.99. The molecule has 0 spiro atoms. The first-order valence-corrected chi connectivity index (χ1v) is 5.39. The van der Waals surface area contributed by atoms with Crippen molar-refractivity contribution in [2.45, 2.75) is 19.8 Å². The SMILES string of the molecule is CC(C)c1cn2cc(I)ccc2n1. The van der Waals surface area contributed by atoms with Crippen LogP contribution < -0.4 is 0 Å². The molecule has 2 rings (SSSR count). The second-order valence-electron chi connectivity index (χ2n) is 3.43. The van der Waals surface area contributed by atoms with E-state index in [2.05, 4.69) is 64.3 Å². The van der Waals surface area contributed by atoms with Crippen molar-refractivity contribution in [3.63, 3.8) is 0 Å². The molecule has 0 aliphatic heterocycles. The number of aromatic nitrogens is 2. The van der Waals surface area contributed by atoms with Crippen LogP contribution in [0.1, 0.15) is 25.5 Å². The maximum Gasteiger partial charge on any atom is 0.137 e. The molecule has 2 heterocycles. The number of hydrogen-bond donors (Lipinski definition) is 0. The van der Waals surface area contributed by atoms with Gasteiger partial charge in [-0.25, -0.2) is 4.98 Å². The number of nitrogens with zero attached hydrogens (tertiary/aromatic N) is 2. The predicted molar refractivity (Wildman–Crippen MR) is 62.0 cm³/mol. The molecule has 13 heavy (non-hydrogen) atoms. The summed E-state index contributed by atoms with van der Waals surface area (Å²) in [7, 11) is 0. The lowest BCUT2D eigenvalue weighted by Crippen LogP contribution is -1.84. The van der Waals surface area contributed by atoms with E-state index in [-0.39, 0.29) is 0 Å². The number of halogens is 1. The quantitative estimate of drug-likeness (QED) is 0.736. The monoisotopic (exact) mass is 286 g/mol. The fourth-order valence-corrected chi connectivity index (χ4v) is 1.74. The molecule has 0 aliphatic rings. The maximum atomic E-state index is 4.51. The smallest absolute Gasteiger partial charge is 0.137 e. The van der Waals surface area contributed by atoms with E-state index >= 15 is 0 Å². The van der Waals surface area contributed by atoms with Crippen LogP contribution in [0.4, 0.5) is 0 Å². The molecule has 0 aromatic carbocycles. The van der Waals surface area contributed by atoms with Gasteiger partial charge in [0.1, 0.15) is 5.65 Å². The van der Waals surface area contributed by atoms with Crippen LogP contribution in [0.25, 0.3) is 5.65 Å². The fraction of sp³-hybridized carbons (Fsp3) is 0.300. The highest BCUT2D eigenvalue weighted by atomic mass is 127. The number of hydrogen-bond acceptors (Lipinski definition) is 1. The molecule has 0 bridgehead atoms. The summed E-state index contributed by atoms with van der Waals surface area (Å²) in [5.74, 6) is 0.498. The summed E-state index contributed by atoms with van der Waals surface area (Å²) in [5.41, 5.74) is 2.19. The van der Waals surface area contributed by atoms with E-state index in [0.717, 1.165) is 11.3 Å². The second kappa shape index (κ2) is 3.29. The third-order valence-electron chi connectivity index (χ3n) is 2.03. The first-order valence-electron chi connectivity index (χ1n) is 4.31. The van der Waals surface area contributed by atoms with Crippen molar-refractivity contribution in [2.75, 3.05) is 0 Å². The lowest BCUT2D eigenvalue weighted by Gasteiger charge is -1.94. The van der Waals surface area contributed by atoms with Gasteiger partial charge in [-0.05, 0) is 40.6 Å². The summed E-state index contributed by atoms with van der Waals surface area (Å²) in [6.07, 6.45) is 4.19. The highest BCUT2D eigenvalue weighted by molar-refractivity contribution is 14.1. The molecule has 0 amide bonds. The third-order valence-corrected chi connectivity index (χ3v) is 2.66. The Morgan fingerprint density at radius 1 is 1.31 bits per heavy atom. The van der Waals surface area contributed by atoms with Crippen LogP contribution in [-0.4, -0.2) is 9.38 Å². The summed E-state index contributed by atoms with van der Waals surface area (Å²) < 4.78 is 3.31. The van der Waals surface area contributed by atoms with Crippen LogP contribution in [0.3, 0.4) is 0 Å². The standard InChI is InChI=1S/C10H11IN2/c1-7(2)9-6-13-5-8(11)3-4-10(13)12-9/h3-7H,1-2H3. The Kier molecular flexibility index (Phi) is 2.27. The lowest BCUT2D eigenvalue weighted by atomic mass is 10.2. The molecule has 0 saturated carbocycles. The Labute approximate surface area is 91.1 Å². The molecule has 0 radical (unpaired) electrons. The summed E-state index contributed by atoms with van der Waals surface area (Å²) in [6.45, 7) is 4.32. The Morgan fingerprint density at radius 3 is 2.77 bits per heavy atom. The molecule has 0 N–H and O–H groups in total. The van der Waals surface area contributed by atoms with Crippen molar-refractivity contribution in [1.82, 2.24) is 9.38 Å². The number of rotatable bonds is 1. The topological polar surface area (TPSA) is 17.3 Å². The van der Waals surface area contributed by atoms with E-state index in [1.54, 1.807) is 0 Å². The molecule has 68 valence electrons. The minimum atomic E-state index is 0.498. The second-order valence-corrected chi connectivity index (χ2v) is 4.68. The Morgan fingerprint density at radius 2 is 2.08 bits per heavy atom. The molecule has 2 aromatic heterocycles. The minimum absolute atomic E-state index is 0.498. The van der Waals surface area contributed by atoms with Gasteiger partial charge in [0.15, 0.2) is 0 Å². The first-order chi connectivity index (χ1) is 6.16. The van der Waals surface area contributed by atoms with Crippen molar-refractivity contribution < 1.29 is 0 Å². The van der Waals surface area contributed by atoms with Crippen molar-refractivity contribution in [1.29, 1.82) is 0 Å². The molecule has 2 nitrogen and oxygen atoms in total. The van der Waals surface area contributed by atoms with Gasteiger partial charge in [-0.2, -0.15) is 0 Å². The van der Waals surface area contributed by atoms with Gasteiger partial charge in [0.2, 0.25) is 0 Å². The number of imidazole rings is 1. The Balaban J connectivity index is 2.62. The van der Waals surface area contributed by atoms with Gasteiger partial charge < -0.3 is 4.40 Å². The van der Waals surface area contributed by atoms with Gasteiger partial charge in [0.05, 0.1) is 5.69 Å². The van der Waals surface area contributed by atoms with Crippen LogP contribution in [0.5, 0.6) is 0 Å². The average molecular weight is 286 g/mol. The van der Waals surface area contributed by atoms with Crippen LogP contribution in [0, 0.1) is 3.57 Å². The summed E-state index contributed by atoms with van der Waals surface area (Å²) in [6, 6.07) is 4.13. The van der Waals surface area contributed by atoms with Crippen molar-refractivity contribution in [2.24, 2.45) is 0 Å². The Bertz CT molecular complexity index is 431.